The molecule has 1 N–H and O–H groups in total. The summed E-state index contributed by atoms with van der Waals surface area (Å²) in [5, 5.41) is 9.46. The summed E-state index contributed by atoms with van der Waals surface area (Å²) in [6.45, 7) is 2.40. The first-order chi connectivity index (χ1) is 6.74. The van der Waals surface area contributed by atoms with Gasteiger partial charge in [-0.1, -0.05) is 25.5 Å². The third kappa shape index (κ3) is 3.68. The Labute approximate surface area is 93.0 Å². The highest BCUT2D eigenvalue weighted by atomic mass is 79.9. The fourth-order valence-corrected chi connectivity index (χ4v) is 1.56. The van der Waals surface area contributed by atoms with Crippen molar-refractivity contribution in [3.63, 3.8) is 0 Å². The molecule has 1 aromatic rings. The highest BCUT2D eigenvalue weighted by Crippen LogP contribution is 2.23. The van der Waals surface area contributed by atoms with Gasteiger partial charge >= 0.3 is 0 Å². The molecule has 1 atom stereocenters. The lowest BCUT2D eigenvalue weighted by molar-refractivity contribution is 0.0990. The first-order valence-corrected chi connectivity index (χ1v) is 5.58. The fraction of sp³-hybridized carbons (Fsp3) is 0.455. The van der Waals surface area contributed by atoms with E-state index < -0.39 is 0 Å². The molecular formula is C11H15BrO2. The molecule has 2 nitrogen and oxygen atoms in total. The van der Waals surface area contributed by atoms with Crippen molar-refractivity contribution in [3.05, 3.63) is 28.7 Å². The van der Waals surface area contributed by atoms with Gasteiger partial charge in [0, 0.05) is 0 Å². The van der Waals surface area contributed by atoms with Crippen molar-refractivity contribution in [1.82, 2.24) is 0 Å². The second-order valence-electron chi connectivity index (χ2n) is 3.18. The van der Waals surface area contributed by atoms with Crippen LogP contribution in [-0.2, 0) is 0 Å². The number of aliphatic hydroxyl groups excluding tert-OH is 1. The molecule has 14 heavy (non-hydrogen) atoms. The number of rotatable bonds is 5. The number of para-hydroxylation sites is 1. The van der Waals surface area contributed by atoms with E-state index in [-0.39, 0.29) is 6.10 Å². The van der Waals surface area contributed by atoms with Crippen molar-refractivity contribution in [2.24, 2.45) is 0 Å². The Morgan fingerprint density at radius 1 is 1.43 bits per heavy atom. The quantitative estimate of drug-likeness (QED) is 0.880. The van der Waals surface area contributed by atoms with Crippen LogP contribution >= 0.6 is 15.9 Å². The Morgan fingerprint density at radius 2 is 2.14 bits per heavy atom. The number of benzene rings is 1. The van der Waals surface area contributed by atoms with Crippen LogP contribution in [0, 0.1) is 0 Å². The van der Waals surface area contributed by atoms with Crippen LogP contribution in [0.3, 0.4) is 0 Å². The predicted octanol–water partition coefficient (Wildman–Crippen LogP) is 2.99. The summed E-state index contributed by atoms with van der Waals surface area (Å²) < 4.78 is 6.37. The first-order valence-electron chi connectivity index (χ1n) is 4.79. The van der Waals surface area contributed by atoms with Crippen molar-refractivity contribution >= 4 is 15.9 Å². The zero-order valence-corrected chi connectivity index (χ0v) is 9.83. The molecule has 0 bridgehead atoms. The van der Waals surface area contributed by atoms with E-state index >= 15 is 0 Å². The van der Waals surface area contributed by atoms with Crippen molar-refractivity contribution in [1.29, 1.82) is 0 Å². The number of ether oxygens (including phenoxy) is 1. The molecule has 0 radical (unpaired) electrons. The summed E-state index contributed by atoms with van der Waals surface area (Å²) in [4.78, 5) is 0. The second kappa shape index (κ2) is 6.04. The molecule has 0 saturated heterocycles. The largest absolute Gasteiger partial charge is 0.490 e. The molecule has 0 heterocycles. The van der Waals surface area contributed by atoms with Crippen molar-refractivity contribution in [2.75, 3.05) is 6.61 Å². The van der Waals surface area contributed by atoms with Gasteiger partial charge in [0.2, 0.25) is 0 Å². The van der Waals surface area contributed by atoms with Gasteiger partial charge in [0.05, 0.1) is 10.6 Å². The Balaban J connectivity index is 2.41. The molecule has 0 aliphatic rings. The molecule has 0 spiro atoms. The smallest absolute Gasteiger partial charge is 0.133 e. The van der Waals surface area contributed by atoms with Gasteiger partial charge in [-0.25, -0.2) is 0 Å². The van der Waals surface area contributed by atoms with Crippen LogP contribution in [0.25, 0.3) is 0 Å². The standard InChI is InChI=1S/C11H15BrO2/c1-2-5-9(13)8-14-11-7-4-3-6-10(11)12/h3-4,6-7,9,13H,2,5,8H2,1H3. The number of halogens is 1. The summed E-state index contributed by atoms with van der Waals surface area (Å²) in [6.07, 6.45) is 1.39. The molecule has 0 amide bonds. The van der Waals surface area contributed by atoms with Gasteiger partial charge in [-0.2, -0.15) is 0 Å². The van der Waals surface area contributed by atoms with Crippen LogP contribution in [0.4, 0.5) is 0 Å². The Kier molecular flexibility index (Phi) is 4.98. The Hall–Kier alpha value is -0.540. The topological polar surface area (TPSA) is 29.5 Å². The van der Waals surface area contributed by atoms with Crippen molar-refractivity contribution in [3.8, 4) is 5.75 Å². The summed E-state index contributed by atoms with van der Waals surface area (Å²) >= 11 is 3.38. The number of hydrogen-bond acceptors (Lipinski definition) is 2. The number of hydrogen-bond donors (Lipinski definition) is 1. The van der Waals surface area contributed by atoms with Crippen LogP contribution in [0.5, 0.6) is 5.75 Å². The molecule has 1 aromatic carbocycles. The average molecular weight is 259 g/mol. The van der Waals surface area contributed by atoms with E-state index in [4.69, 9.17) is 4.74 Å². The molecule has 78 valence electrons. The van der Waals surface area contributed by atoms with E-state index in [0.717, 1.165) is 23.1 Å². The Morgan fingerprint density at radius 3 is 2.79 bits per heavy atom. The van der Waals surface area contributed by atoms with Gasteiger partial charge in [-0.3, -0.25) is 0 Å². The summed E-state index contributed by atoms with van der Waals surface area (Å²) in [5.74, 6) is 0.780. The van der Waals surface area contributed by atoms with Crippen molar-refractivity contribution < 1.29 is 9.84 Å². The lowest BCUT2D eigenvalue weighted by Crippen LogP contribution is -2.17. The first kappa shape index (κ1) is 11.5. The van der Waals surface area contributed by atoms with Gasteiger partial charge in [-0.15, -0.1) is 0 Å². The van der Waals surface area contributed by atoms with Gasteiger partial charge in [0.25, 0.3) is 0 Å². The zero-order valence-electron chi connectivity index (χ0n) is 8.24. The summed E-state index contributed by atoms with van der Waals surface area (Å²) in [5.41, 5.74) is 0. The SMILES string of the molecule is CCCC(O)COc1ccccc1Br. The molecule has 0 aliphatic carbocycles. The highest BCUT2D eigenvalue weighted by molar-refractivity contribution is 9.10. The van der Waals surface area contributed by atoms with Gasteiger partial charge in [-0.05, 0) is 34.5 Å². The lowest BCUT2D eigenvalue weighted by atomic mass is 10.2. The fourth-order valence-electron chi connectivity index (χ4n) is 1.16. The van der Waals surface area contributed by atoms with Crippen LogP contribution in [0.1, 0.15) is 19.8 Å². The summed E-state index contributed by atoms with van der Waals surface area (Å²) in [7, 11) is 0. The third-order valence-electron chi connectivity index (χ3n) is 1.89. The van der Waals surface area contributed by atoms with E-state index in [0.29, 0.717) is 6.61 Å². The normalized spacial score (nSPS) is 12.5. The highest BCUT2D eigenvalue weighted by Gasteiger charge is 2.05. The van der Waals surface area contributed by atoms with Gasteiger partial charge in [0.1, 0.15) is 12.4 Å². The second-order valence-corrected chi connectivity index (χ2v) is 4.04. The van der Waals surface area contributed by atoms with Crippen LogP contribution in [0.2, 0.25) is 0 Å². The van der Waals surface area contributed by atoms with E-state index in [1.54, 1.807) is 0 Å². The maximum Gasteiger partial charge on any atom is 0.133 e. The zero-order chi connectivity index (χ0) is 10.4. The summed E-state index contributed by atoms with van der Waals surface area (Å²) in [6, 6.07) is 7.63. The monoisotopic (exact) mass is 258 g/mol. The number of aliphatic hydroxyl groups is 1. The van der Waals surface area contributed by atoms with Crippen LogP contribution in [-0.4, -0.2) is 17.8 Å². The molecule has 0 aliphatic heterocycles. The maximum absolute atomic E-state index is 9.46. The van der Waals surface area contributed by atoms with E-state index in [2.05, 4.69) is 15.9 Å². The predicted molar refractivity (Wildman–Crippen MR) is 60.6 cm³/mol. The van der Waals surface area contributed by atoms with Gasteiger partial charge < -0.3 is 9.84 Å². The third-order valence-corrected chi connectivity index (χ3v) is 2.54. The van der Waals surface area contributed by atoms with Crippen LogP contribution in [0.15, 0.2) is 28.7 Å². The minimum atomic E-state index is -0.368. The average Bonchev–Trinajstić information content (AvgIpc) is 2.17. The molecular weight excluding hydrogens is 244 g/mol. The van der Waals surface area contributed by atoms with Crippen LogP contribution < -0.4 is 4.74 Å². The van der Waals surface area contributed by atoms with Crippen molar-refractivity contribution in [2.45, 2.75) is 25.9 Å². The molecule has 1 rings (SSSR count). The van der Waals surface area contributed by atoms with E-state index in [1.165, 1.54) is 0 Å². The molecule has 0 fully saturated rings. The minimum absolute atomic E-state index is 0.358. The maximum atomic E-state index is 9.46. The minimum Gasteiger partial charge on any atom is -0.490 e. The van der Waals surface area contributed by atoms with E-state index in [1.807, 2.05) is 31.2 Å². The molecule has 0 saturated carbocycles. The Bertz CT molecular complexity index is 276. The van der Waals surface area contributed by atoms with E-state index in [9.17, 15) is 5.11 Å². The lowest BCUT2D eigenvalue weighted by Gasteiger charge is -2.12. The molecule has 0 aromatic heterocycles. The molecule has 3 heteroatoms. The molecule has 1 unspecified atom stereocenters. The van der Waals surface area contributed by atoms with Gasteiger partial charge in [0.15, 0.2) is 0 Å².